The van der Waals surface area contributed by atoms with Gasteiger partial charge < -0.3 is 10.2 Å². The van der Waals surface area contributed by atoms with Gasteiger partial charge in [0.15, 0.2) is 0 Å². The predicted molar refractivity (Wildman–Crippen MR) is 89.9 cm³/mol. The summed E-state index contributed by atoms with van der Waals surface area (Å²) in [7, 11) is 0. The predicted octanol–water partition coefficient (Wildman–Crippen LogP) is 2.70. The van der Waals surface area contributed by atoms with Crippen LogP contribution >= 0.6 is 0 Å². The first-order valence-corrected chi connectivity index (χ1v) is 8.82. The van der Waals surface area contributed by atoms with Crippen molar-refractivity contribution >= 4 is 11.8 Å². The van der Waals surface area contributed by atoms with Gasteiger partial charge in [0, 0.05) is 24.4 Å². The number of nitrogens with zero attached hydrogens (tertiary/aromatic N) is 1. The zero-order valence-electron chi connectivity index (χ0n) is 13.8. The van der Waals surface area contributed by atoms with Crippen LogP contribution in [0.2, 0.25) is 0 Å². The lowest BCUT2D eigenvalue weighted by Crippen LogP contribution is -2.44. The topological polar surface area (TPSA) is 49.4 Å². The van der Waals surface area contributed by atoms with E-state index in [1.807, 2.05) is 11.0 Å². The summed E-state index contributed by atoms with van der Waals surface area (Å²) < 4.78 is 0. The van der Waals surface area contributed by atoms with Crippen molar-refractivity contribution in [2.45, 2.75) is 51.0 Å². The Morgan fingerprint density at radius 2 is 1.96 bits per heavy atom. The molecular weight excluding hydrogens is 288 g/mol. The number of carbonyl (C=O) groups excluding carboxylic acids is 2. The lowest BCUT2D eigenvalue weighted by atomic mass is 9.87. The Balaban J connectivity index is 1.63. The van der Waals surface area contributed by atoms with Gasteiger partial charge in [-0.2, -0.15) is 0 Å². The Bertz CT molecular complexity index is 554. The smallest absolute Gasteiger partial charge is 0.242 e. The maximum atomic E-state index is 12.6. The number of hydrogen-bond acceptors (Lipinski definition) is 2. The highest BCUT2D eigenvalue weighted by molar-refractivity contribution is 5.87. The molecule has 1 aliphatic heterocycles. The largest absolute Gasteiger partial charge is 0.347 e. The van der Waals surface area contributed by atoms with Crippen LogP contribution in [0.5, 0.6) is 0 Å². The van der Waals surface area contributed by atoms with Crippen molar-refractivity contribution < 1.29 is 9.59 Å². The first-order valence-electron chi connectivity index (χ1n) is 8.82. The molecule has 4 nitrogen and oxygen atoms in total. The molecule has 3 rings (SSSR count). The van der Waals surface area contributed by atoms with Gasteiger partial charge in [0.05, 0.1) is 6.54 Å². The number of benzene rings is 1. The Morgan fingerprint density at radius 3 is 2.61 bits per heavy atom. The molecule has 0 spiro atoms. The van der Waals surface area contributed by atoms with E-state index in [1.165, 1.54) is 5.56 Å². The number of nitrogens with one attached hydrogen (secondary N) is 1. The van der Waals surface area contributed by atoms with Gasteiger partial charge in [0.1, 0.15) is 0 Å². The molecule has 2 aliphatic rings. The Morgan fingerprint density at radius 1 is 1.22 bits per heavy atom. The number of likely N-dealkylation sites (tertiary alicyclic amines) is 1. The Kier molecular flexibility index (Phi) is 4.99. The van der Waals surface area contributed by atoms with E-state index in [2.05, 4.69) is 36.5 Å². The molecule has 1 heterocycles. The molecule has 0 bridgehead atoms. The van der Waals surface area contributed by atoms with Gasteiger partial charge in [-0.3, -0.25) is 9.59 Å². The van der Waals surface area contributed by atoms with Crippen LogP contribution in [-0.4, -0.2) is 35.8 Å². The monoisotopic (exact) mass is 314 g/mol. The number of carbonyl (C=O) groups is 2. The summed E-state index contributed by atoms with van der Waals surface area (Å²) in [5.41, 5.74) is 1.31. The fourth-order valence-electron chi connectivity index (χ4n) is 3.70. The lowest BCUT2D eigenvalue weighted by molar-refractivity contribution is -0.134. The van der Waals surface area contributed by atoms with Crippen LogP contribution in [0.1, 0.15) is 50.5 Å². The summed E-state index contributed by atoms with van der Waals surface area (Å²) in [5, 5.41) is 2.81. The van der Waals surface area contributed by atoms with Crippen molar-refractivity contribution in [1.82, 2.24) is 10.2 Å². The van der Waals surface area contributed by atoms with Crippen molar-refractivity contribution in [3.8, 4) is 0 Å². The molecule has 2 amide bonds. The Hall–Kier alpha value is -1.84. The molecule has 124 valence electrons. The molecule has 0 aromatic heterocycles. The average Bonchev–Trinajstić information content (AvgIpc) is 3.33. The molecule has 4 heteroatoms. The van der Waals surface area contributed by atoms with Crippen molar-refractivity contribution in [2.24, 2.45) is 5.92 Å². The van der Waals surface area contributed by atoms with E-state index in [1.54, 1.807) is 0 Å². The fourth-order valence-corrected chi connectivity index (χ4v) is 3.70. The van der Waals surface area contributed by atoms with Gasteiger partial charge in [0.2, 0.25) is 11.8 Å². The minimum Gasteiger partial charge on any atom is -0.347 e. The van der Waals surface area contributed by atoms with E-state index >= 15 is 0 Å². The molecule has 1 N–H and O–H groups in total. The molecule has 0 radical (unpaired) electrons. The van der Waals surface area contributed by atoms with E-state index in [9.17, 15) is 9.59 Å². The molecule has 2 unspecified atom stereocenters. The van der Waals surface area contributed by atoms with Crippen molar-refractivity contribution in [3.63, 3.8) is 0 Å². The van der Waals surface area contributed by atoms with Crippen LogP contribution in [0.25, 0.3) is 0 Å². The second-order valence-corrected chi connectivity index (χ2v) is 6.71. The Labute approximate surface area is 138 Å². The van der Waals surface area contributed by atoms with E-state index in [0.29, 0.717) is 5.92 Å². The van der Waals surface area contributed by atoms with Crippen molar-refractivity contribution in [2.75, 3.05) is 13.1 Å². The maximum Gasteiger partial charge on any atom is 0.242 e. The zero-order valence-corrected chi connectivity index (χ0v) is 13.8. The van der Waals surface area contributed by atoms with Crippen LogP contribution < -0.4 is 5.32 Å². The van der Waals surface area contributed by atoms with Gasteiger partial charge in [0.25, 0.3) is 0 Å². The van der Waals surface area contributed by atoms with Crippen LogP contribution in [0.15, 0.2) is 30.3 Å². The van der Waals surface area contributed by atoms with E-state index < -0.39 is 0 Å². The molecule has 1 aromatic carbocycles. The highest BCUT2D eigenvalue weighted by atomic mass is 16.2. The SMILES string of the molecule is CCC(c1ccccc1)C1CCCN1C(=O)CNC(=O)C1CC1. The van der Waals surface area contributed by atoms with Crippen molar-refractivity contribution in [3.05, 3.63) is 35.9 Å². The lowest BCUT2D eigenvalue weighted by Gasteiger charge is -2.31. The zero-order chi connectivity index (χ0) is 16.2. The second-order valence-electron chi connectivity index (χ2n) is 6.71. The minimum atomic E-state index is 0.0456. The molecule has 1 aromatic rings. The summed E-state index contributed by atoms with van der Waals surface area (Å²) in [6.07, 6.45) is 5.06. The van der Waals surface area contributed by atoms with Crippen LogP contribution in [-0.2, 0) is 9.59 Å². The maximum absolute atomic E-state index is 12.6. The highest BCUT2D eigenvalue weighted by Gasteiger charge is 2.35. The molecule has 2 atom stereocenters. The summed E-state index contributed by atoms with van der Waals surface area (Å²) in [6.45, 7) is 3.15. The second kappa shape index (κ2) is 7.16. The molecule has 1 aliphatic carbocycles. The number of hydrogen-bond donors (Lipinski definition) is 1. The standard InChI is InChI=1S/C19H26N2O2/c1-2-16(14-7-4-3-5-8-14)17-9-6-12-21(17)18(22)13-20-19(23)15-10-11-15/h3-5,7-8,15-17H,2,6,9-13H2,1H3,(H,20,23). The van der Waals surface area contributed by atoms with Gasteiger partial charge in [-0.1, -0.05) is 37.3 Å². The molecule has 1 saturated carbocycles. The normalized spacial score (nSPS) is 22.0. The first-order chi connectivity index (χ1) is 11.2. The van der Waals surface area contributed by atoms with Gasteiger partial charge in [-0.25, -0.2) is 0 Å². The fraction of sp³-hybridized carbons (Fsp3) is 0.579. The molecular formula is C19H26N2O2. The third-order valence-corrected chi connectivity index (χ3v) is 5.11. The quantitative estimate of drug-likeness (QED) is 0.877. The van der Waals surface area contributed by atoms with Crippen LogP contribution in [0, 0.1) is 5.92 Å². The van der Waals surface area contributed by atoms with E-state index in [0.717, 1.165) is 38.6 Å². The molecule has 1 saturated heterocycles. The van der Waals surface area contributed by atoms with E-state index in [-0.39, 0.29) is 30.3 Å². The highest BCUT2D eigenvalue weighted by Crippen LogP contribution is 2.33. The van der Waals surface area contributed by atoms with Crippen LogP contribution in [0.3, 0.4) is 0 Å². The third-order valence-electron chi connectivity index (χ3n) is 5.11. The first kappa shape index (κ1) is 16.0. The van der Waals surface area contributed by atoms with E-state index in [4.69, 9.17) is 0 Å². The van der Waals surface area contributed by atoms with Gasteiger partial charge in [-0.05, 0) is 37.7 Å². The third kappa shape index (κ3) is 3.74. The molecule has 2 fully saturated rings. The minimum absolute atomic E-state index is 0.0456. The van der Waals surface area contributed by atoms with Gasteiger partial charge >= 0.3 is 0 Å². The summed E-state index contributed by atoms with van der Waals surface area (Å²) >= 11 is 0. The summed E-state index contributed by atoms with van der Waals surface area (Å²) in [5.74, 6) is 0.645. The molecule has 23 heavy (non-hydrogen) atoms. The van der Waals surface area contributed by atoms with Crippen molar-refractivity contribution in [1.29, 1.82) is 0 Å². The summed E-state index contributed by atoms with van der Waals surface area (Å²) in [4.78, 5) is 26.3. The van der Waals surface area contributed by atoms with Crippen LogP contribution in [0.4, 0.5) is 0 Å². The number of rotatable bonds is 6. The average molecular weight is 314 g/mol. The summed E-state index contributed by atoms with van der Waals surface area (Å²) in [6, 6.07) is 10.7. The number of amides is 2. The van der Waals surface area contributed by atoms with Gasteiger partial charge in [-0.15, -0.1) is 0 Å².